The van der Waals surface area contributed by atoms with Gasteiger partial charge in [0.05, 0.1) is 25.4 Å². The minimum absolute atomic E-state index is 0.302. The second kappa shape index (κ2) is 7.19. The molecule has 0 aliphatic heterocycles. The van der Waals surface area contributed by atoms with Crippen LogP contribution in [0.25, 0.3) is 0 Å². The molecule has 1 N–H and O–H groups in total. The lowest BCUT2D eigenvalue weighted by atomic mass is 10.2. The first-order valence-electron chi connectivity index (χ1n) is 7.38. The Labute approximate surface area is 144 Å². The van der Waals surface area contributed by atoms with E-state index in [1.54, 1.807) is 35.1 Å². The third-order valence-electron chi connectivity index (χ3n) is 3.54. The number of hydrogen-bond acceptors (Lipinski definition) is 3. The lowest BCUT2D eigenvalue weighted by Gasteiger charge is -2.11. The molecule has 1 heterocycles. The van der Waals surface area contributed by atoms with Crippen molar-refractivity contribution < 1.29 is 9.53 Å². The molecule has 2 aromatic carbocycles. The van der Waals surface area contributed by atoms with Gasteiger partial charge in [-0.25, -0.2) is 4.68 Å². The summed E-state index contributed by atoms with van der Waals surface area (Å²) in [6, 6.07) is 16.6. The van der Waals surface area contributed by atoms with Crippen molar-refractivity contribution in [2.75, 3.05) is 12.4 Å². The minimum Gasteiger partial charge on any atom is -0.496 e. The fourth-order valence-corrected chi connectivity index (χ4v) is 2.53. The van der Waals surface area contributed by atoms with Crippen molar-refractivity contribution in [1.82, 2.24) is 9.78 Å². The molecule has 0 radical (unpaired) electrons. The van der Waals surface area contributed by atoms with Gasteiger partial charge in [0.15, 0.2) is 0 Å². The number of nitrogens with zero attached hydrogens (tertiary/aromatic N) is 2. The maximum atomic E-state index is 12.6. The van der Waals surface area contributed by atoms with Crippen LogP contribution >= 0.6 is 11.6 Å². The van der Waals surface area contributed by atoms with Gasteiger partial charge in [-0.1, -0.05) is 41.9 Å². The molecular formula is C18H16ClN3O2. The van der Waals surface area contributed by atoms with Gasteiger partial charge in [0, 0.05) is 11.1 Å². The van der Waals surface area contributed by atoms with Crippen LogP contribution in [0.4, 0.5) is 5.82 Å². The van der Waals surface area contributed by atoms with Crippen molar-refractivity contribution in [2.24, 2.45) is 0 Å². The predicted octanol–water partition coefficient (Wildman–Crippen LogP) is 3.85. The molecule has 0 saturated carbocycles. The molecule has 1 amide bonds. The van der Waals surface area contributed by atoms with Crippen LogP contribution in [0.1, 0.15) is 15.9 Å². The summed E-state index contributed by atoms with van der Waals surface area (Å²) in [4.78, 5) is 12.6. The number of hydrogen-bond donors (Lipinski definition) is 1. The first-order chi connectivity index (χ1) is 11.7. The number of nitrogens with one attached hydrogen (secondary N) is 1. The summed E-state index contributed by atoms with van der Waals surface area (Å²) < 4.78 is 6.95. The summed E-state index contributed by atoms with van der Waals surface area (Å²) in [7, 11) is 1.51. The topological polar surface area (TPSA) is 56.1 Å². The number of rotatable bonds is 5. The molecule has 0 atom stereocenters. The summed E-state index contributed by atoms with van der Waals surface area (Å²) >= 11 is 5.99. The van der Waals surface area contributed by atoms with E-state index >= 15 is 0 Å². The molecule has 0 aliphatic carbocycles. The molecule has 0 spiro atoms. The van der Waals surface area contributed by atoms with Crippen LogP contribution in [0.3, 0.4) is 0 Å². The van der Waals surface area contributed by atoms with Crippen LogP contribution in [0.2, 0.25) is 5.02 Å². The molecule has 0 unspecified atom stereocenters. The summed E-state index contributed by atoms with van der Waals surface area (Å²) in [5.41, 5.74) is 1.47. The Bertz CT molecular complexity index is 846. The van der Waals surface area contributed by atoms with Crippen LogP contribution < -0.4 is 10.1 Å². The zero-order valence-corrected chi connectivity index (χ0v) is 13.8. The number of carbonyl (C=O) groups is 1. The van der Waals surface area contributed by atoms with Gasteiger partial charge in [0.1, 0.15) is 11.6 Å². The highest BCUT2D eigenvalue weighted by molar-refractivity contribution is 6.31. The summed E-state index contributed by atoms with van der Waals surface area (Å²) in [5, 5.41) is 7.59. The summed E-state index contributed by atoms with van der Waals surface area (Å²) in [6.07, 6.45) is 1.65. The van der Waals surface area contributed by atoms with Gasteiger partial charge in [-0.15, -0.1) is 0 Å². The van der Waals surface area contributed by atoms with Crippen molar-refractivity contribution in [1.29, 1.82) is 0 Å². The number of benzene rings is 2. The maximum absolute atomic E-state index is 12.6. The van der Waals surface area contributed by atoms with Gasteiger partial charge >= 0.3 is 0 Å². The quantitative estimate of drug-likeness (QED) is 0.767. The molecule has 122 valence electrons. The molecule has 24 heavy (non-hydrogen) atoms. The maximum Gasteiger partial charge on any atom is 0.260 e. The monoisotopic (exact) mass is 341 g/mol. The molecule has 0 fully saturated rings. The van der Waals surface area contributed by atoms with E-state index in [0.29, 0.717) is 28.7 Å². The van der Waals surface area contributed by atoms with E-state index in [1.165, 1.54) is 7.11 Å². The molecular weight excluding hydrogens is 326 g/mol. The predicted molar refractivity (Wildman–Crippen MR) is 93.7 cm³/mol. The Morgan fingerprint density at radius 3 is 2.75 bits per heavy atom. The van der Waals surface area contributed by atoms with E-state index in [2.05, 4.69) is 10.4 Å². The van der Waals surface area contributed by atoms with E-state index in [4.69, 9.17) is 16.3 Å². The third kappa shape index (κ3) is 3.58. The van der Waals surface area contributed by atoms with Crippen molar-refractivity contribution in [3.63, 3.8) is 0 Å². The van der Waals surface area contributed by atoms with Crippen LogP contribution in [-0.2, 0) is 6.54 Å². The average molecular weight is 342 g/mol. The highest BCUT2D eigenvalue weighted by atomic mass is 35.5. The lowest BCUT2D eigenvalue weighted by Crippen LogP contribution is -2.17. The highest BCUT2D eigenvalue weighted by Gasteiger charge is 2.15. The largest absolute Gasteiger partial charge is 0.496 e. The van der Waals surface area contributed by atoms with E-state index in [-0.39, 0.29) is 5.91 Å². The first-order valence-corrected chi connectivity index (χ1v) is 7.76. The van der Waals surface area contributed by atoms with E-state index in [0.717, 1.165) is 5.56 Å². The highest BCUT2D eigenvalue weighted by Crippen LogP contribution is 2.23. The Kier molecular flexibility index (Phi) is 4.82. The number of halogens is 1. The molecule has 1 aromatic heterocycles. The van der Waals surface area contributed by atoms with E-state index in [1.807, 2.05) is 30.3 Å². The number of ether oxygens (including phenoxy) is 1. The summed E-state index contributed by atoms with van der Waals surface area (Å²) in [6.45, 7) is 0.566. The van der Waals surface area contributed by atoms with Gasteiger partial charge in [0.25, 0.3) is 5.91 Å². The van der Waals surface area contributed by atoms with Crippen LogP contribution in [0, 0.1) is 0 Å². The van der Waals surface area contributed by atoms with E-state index < -0.39 is 0 Å². The molecule has 0 bridgehead atoms. The molecule has 6 heteroatoms. The van der Waals surface area contributed by atoms with Crippen molar-refractivity contribution in [3.8, 4) is 5.75 Å². The number of amides is 1. The molecule has 0 saturated heterocycles. The lowest BCUT2D eigenvalue weighted by molar-refractivity contribution is 0.102. The van der Waals surface area contributed by atoms with Crippen LogP contribution in [0.5, 0.6) is 5.75 Å². The van der Waals surface area contributed by atoms with Crippen LogP contribution in [0.15, 0.2) is 60.8 Å². The standard InChI is InChI=1S/C18H16ClN3O2/c1-24-16-8-7-14(19)11-15(16)18(23)21-17-9-10-20-22(17)12-13-5-3-2-4-6-13/h2-11H,12H2,1H3,(H,21,23). The Balaban J connectivity index is 1.81. The Hall–Kier alpha value is -2.79. The summed E-state index contributed by atoms with van der Waals surface area (Å²) in [5.74, 6) is 0.765. The molecule has 3 aromatic rings. The number of carbonyl (C=O) groups excluding carboxylic acids is 1. The second-order valence-corrected chi connectivity index (χ2v) is 5.59. The second-order valence-electron chi connectivity index (χ2n) is 5.16. The normalized spacial score (nSPS) is 10.4. The fourth-order valence-electron chi connectivity index (χ4n) is 2.36. The third-order valence-corrected chi connectivity index (χ3v) is 3.77. The van der Waals surface area contributed by atoms with E-state index in [9.17, 15) is 4.79 Å². The van der Waals surface area contributed by atoms with Gasteiger partial charge in [-0.05, 0) is 23.8 Å². The van der Waals surface area contributed by atoms with Gasteiger partial charge in [-0.3, -0.25) is 4.79 Å². The van der Waals surface area contributed by atoms with Crippen molar-refractivity contribution in [2.45, 2.75) is 6.54 Å². The Morgan fingerprint density at radius 1 is 1.21 bits per heavy atom. The van der Waals surface area contributed by atoms with Crippen LogP contribution in [-0.4, -0.2) is 22.8 Å². The van der Waals surface area contributed by atoms with Gasteiger partial charge < -0.3 is 10.1 Å². The first kappa shape index (κ1) is 16.1. The molecule has 0 aliphatic rings. The fraction of sp³-hybridized carbons (Fsp3) is 0.111. The van der Waals surface area contributed by atoms with Gasteiger partial charge in [0.2, 0.25) is 0 Å². The van der Waals surface area contributed by atoms with Crippen molar-refractivity contribution >= 4 is 23.3 Å². The minimum atomic E-state index is -0.302. The number of methoxy groups -OCH3 is 1. The molecule has 3 rings (SSSR count). The smallest absolute Gasteiger partial charge is 0.260 e. The zero-order valence-electron chi connectivity index (χ0n) is 13.1. The average Bonchev–Trinajstić information content (AvgIpc) is 3.02. The molecule has 5 nitrogen and oxygen atoms in total. The SMILES string of the molecule is COc1ccc(Cl)cc1C(=O)Nc1ccnn1Cc1ccccc1. The number of anilines is 1. The Morgan fingerprint density at radius 2 is 2.00 bits per heavy atom. The number of aromatic nitrogens is 2. The zero-order chi connectivity index (χ0) is 16.9. The van der Waals surface area contributed by atoms with Gasteiger partial charge in [-0.2, -0.15) is 5.10 Å². The van der Waals surface area contributed by atoms with Crippen molar-refractivity contribution in [3.05, 3.63) is 76.9 Å².